The number of oxime groups is 1. The van der Waals surface area contributed by atoms with E-state index in [0.29, 0.717) is 24.3 Å². The van der Waals surface area contributed by atoms with Crippen molar-refractivity contribution < 1.29 is 15.2 Å². The maximum Gasteiger partial charge on any atom is 0.293 e. The van der Waals surface area contributed by atoms with Crippen LogP contribution in [0.4, 0.5) is 11.4 Å². The van der Waals surface area contributed by atoms with Crippen LogP contribution in [0, 0.1) is 16.0 Å². The summed E-state index contributed by atoms with van der Waals surface area (Å²) < 4.78 is 0. The Hall–Kier alpha value is -2.35. The first kappa shape index (κ1) is 14.1. The highest BCUT2D eigenvalue weighted by molar-refractivity contribution is 5.98. The normalized spacial score (nSPS) is 19.4. The number of aliphatic hydroxyl groups excluding tert-OH is 1. The number of amidine groups is 1. The van der Waals surface area contributed by atoms with E-state index < -0.39 is 4.92 Å². The van der Waals surface area contributed by atoms with Crippen LogP contribution in [0.5, 0.6) is 0 Å². The van der Waals surface area contributed by atoms with Gasteiger partial charge >= 0.3 is 0 Å². The third-order valence-corrected chi connectivity index (χ3v) is 3.46. The molecule has 2 rings (SSSR count). The molecule has 8 heteroatoms. The lowest BCUT2D eigenvalue weighted by Gasteiger charge is -2.18. The van der Waals surface area contributed by atoms with Crippen molar-refractivity contribution in [2.45, 2.75) is 6.42 Å². The zero-order valence-electron chi connectivity index (χ0n) is 10.8. The van der Waals surface area contributed by atoms with Gasteiger partial charge in [-0.1, -0.05) is 5.16 Å². The second-order valence-corrected chi connectivity index (χ2v) is 4.73. The lowest BCUT2D eigenvalue weighted by atomic mass is 10.1. The highest BCUT2D eigenvalue weighted by Crippen LogP contribution is 2.32. The lowest BCUT2D eigenvalue weighted by molar-refractivity contribution is -0.384. The molecular weight excluding hydrogens is 264 g/mol. The molecule has 1 aliphatic rings. The van der Waals surface area contributed by atoms with Gasteiger partial charge in [-0.25, -0.2) is 0 Å². The Morgan fingerprint density at radius 3 is 2.90 bits per heavy atom. The molecule has 20 heavy (non-hydrogen) atoms. The molecule has 108 valence electrons. The van der Waals surface area contributed by atoms with E-state index in [-0.39, 0.29) is 24.0 Å². The van der Waals surface area contributed by atoms with Gasteiger partial charge < -0.3 is 20.9 Å². The molecule has 0 aliphatic carbocycles. The molecule has 1 aliphatic heterocycles. The molecule has 8 nitrogen and oxygen atoms in total. The van der Waals surface area contributed by atoms with Gasteiger partial charge in [0, 0.05) is 37.2 Å². The largest absolute Gasteiger partial charge is 0.409 e. The summed E-state index contributed by atoms with van der Waals surface area (Å²) >= 11 is 0. The highest BCUT2D eigenvalue weighted by Gasteiger charge is 2.27. The molecule has 0 saturated carbocycles. The average molecular weight is 280 g/mol. The van der Waals surface area contributed by atoms with Crippen LogP contribution in [0.3, 0.4) is 0 Å². The topological polar surface area (TPSA) is 125 Å². The Bertz CT molecular complexity index is 546. The van der Waals surface area contributed by atoms with E-state index in [1.165, 1.54) is 6.07 Å². The van der Waals surface area contributed by atoms with Gasteiger partial charge in [0.15, 0.2) is 5.84 Å². The summed E-state index contributed by atoms with van der Waals surface area (Å²) in [4.78, 5) is 12.6. The Balaban J connectivity index is 2.36. The molecule has 1 unspecified atom stereocenters. The molecule has 0 bridgehead atoms. The van der Waals surface area contributed by atoms with E-state index in [9.17, 15) is 10.1 Å². The molecule has 1 atom stereocenters. The highest BCUT2D eigenvalue weighted by atomic mass is 16.6. The number of nitro groups is 1. The van der Waals surface area contributed by atoms with Crippen LogP contribution in [-0.4, -0.2) is 40.8 Å². The van der Waals surface area contributed by atoms with E-state index in [2.05, 4.69) is 5.16 Å². The Labute approximate surface area is 115 Å². The van der Waals surface area contributed by atoms with Gasteiger partial charge in [-0.05, 0) is 18.6 Å². The number of rotatable bonds is 4. The summed E-state index contributed by atoms with van der Waals surface area (Å²) in [7, 11) is 0. The van der Waals surface area contributed by atoms with Crippen molar-refractivity contribution in [3.63, 3.8) is 0 Å². The first-order valence-electron chi connectivity index (χ1n) is 6.19. The van der Waals surface area contributed by atoms with Gasteiger partial charge in [-0.2, -0.15) is 0 Å². The third-order valence-electron chi connectivity index (χ3n) is 3.46. The summed E-state index contributed by atoms with van der Waals surface area (Å²) in [5.41, 5.74) is 6.13. The predicted molar refractivity (Wildman–Crippen MR) is 73.0 cm³/mol. The maximum absolute atomic E-state index is 11.2. The number of anilines is 1. The summed E-state index contributed by atoms with van der Waals surface area (Å²) in [6, 6.07) is 4.45. The monoisotopic (exact) mass is 280 g/mol. The van der Waals surface area contributed by atoms with Gasteiger partial charge in [0.05, 0.1) is 4.92 Å². The van der Waals surface area contributed by atoms with Crippen molar-refractivity contribution >= 4 is 17.2 Å². The average Bonchev–Trinajstić information content (AvgIpc) is 2.94. The molecule has 0 amide bonds. The first-order chi connectivity index (χ1) is 9.56. The van der Waals surface area contributed by atoms with Crippen molar-refractivity contribution in [3.05, 3.63) is 33.9 Å². The number of benzene rings is 1. The maximum atomic E-state index is 11.2. The number of nitro benzene ring substituents is 1. The number of hydrogen-bond donors (Lipinski definition) is 3. The van der Waals surface area contributed by atoms with E-state index >= 15 is 0 Å². The molecule has 0 spiro atoms. The summed E-state index contributed by atoms with van der Waals surface area (Å²) in [5, 5.41) is 31.8. The van der Waals surface area contributed by atoms with Gasteiger partial charge in [0.25, 0.3) is 5.69 Å². The van der Waals surface area contributed by atoms with E-state index in [1.54, 1.807) is 12.1 Å². The summed E-state index contributed by atoms with van der Waals surface area (Å²) in [6.45, 7) is 1.32. The molecule has 1 heterocycles. The van der Waals surface area contributed by atoms with Gasteiger partial charge in [-0.3, -0.25) is 10.1 Å². The van der Waals surface area contributed by atoms with Crippen LogP contribution < -0.4 is 10.6 Å². The zero-order chi connectivity index (χ0) is 14.7. The predicted octanol–water partition coefficient (Wildman–Crippen LogP) is 0.508. The Kier molecular flexibility index (Phi) is 4.04. The number of nitrogens with zero attached hydrogens (tertiary/aromatic N) is 3. The minimum Gasteiger partial charge on any atom is -0.409 e. The van der Waals surface area contributed by atoms with Gasteiger partial charge in [0.1, 0.15) is 5.69 Å². The first-order valence-corrected chi connectivity index (χ1v) is 6.19. The molecular formula is C12H16N4O4. The summed E-state index contributed by atoms with van der Waals surface area (Å²) in [5.74, 6) is -0.0346. The van der Waals surface area contributed by atoms with Crippen LogP contribution in [0.25, 0.3) is 0 Å². The van der Waals surface area contributed by atoms with Gasteiger partial charge in [-0.15, -0.1) is 0 Å². The van der Waals surface area contributed by atoms with Crippen LogP contribution in [0.2, 0.25) is 0 Å². The molecule has 1 saturated heterocycles. The second kappa shape index (κ2) is 5.74. The molecule has 1 aromatic rings. The number of nitrogens with two attached hydrogens (primary N) is 1. The van der Waals surface area contributed by atoms with Crippen LogP contribution in [-0.2, 0) is 0 Å². The van der Waals surface area contributed by atoms with E-state index in [1.807, 2.05) is 4.90 Å². The standard InChI is InChI=1S/C12H16N4O4/c13-12(14-18)9-1-2-10(11(5-9)16(19)20)15-4-3-8(6-15)7-17/h1-2,5,8,17-18H,3-4,6-7H2,(H2,13,14). The quantitative estimate of drug-likeness (QED) is 0.242. The second-order valence-electron chi connectivity index (χ2n) is 4.73. The number of hydrogen-bond acceptors (Lipinski definition) is 6. The minimum atomic E-state index is -0.490. The van der Waals surface area contributed by atoms with Crippen LogP contribution in [0.1, 0.15) is 12.0 Å². The van der Waals surface area contributed by atoms with Crippen molar-refractivity contribution in [2.24, 2.45) is 16.8 Å². The molecule has 0 aromatic heterocycles. The van der Waals surface area contributed by atoms with Crippen molar-refractivity contribution in [1.29, 1.82) is 0 Å². The SMILES string of the molecule is N/C(=N/O)c1ccc(N2CCC(CO)C2)c([N+](=O)[O-])c1. The van der Waals surface area contributed by atoms with Gasteiger partial charge in [0.2, 0.25) is 0 Å². The zero-order valence-corrected chi connectivity index (χ0v) is 10.8. The van der Waals surface area contributed by atoms with E-state index in [4.69, 9.17) is 16.0 Å². The molecule has 1 fully saturated rings. The number of aliphatic hydroxyl groups is 1. The summed E-state index contributed by atoms with van der Waals surface area (Å²) in [6.07, 6.45) is 0.801. The lowest BCUT2D eigenvalue weighted by Crippen LogP contribution is -2.22. The van der Waals surface area contributed by atoms with Crippen molar-refractivity contribution in [3.8, 4) is 0 Å². The fourth-order valence-electron chi connectivity index (χ4n) is 2.35. The Morgan fingerprint density at radius 1 is 1.60 bits per heavy atom. The van der Waals surface area contributed by atoms with Crippen molar-refractivity contribution in [1.82, 2.24) is 0 Å². The van der Waals surface area contributed by atoms with Crippen LogP contribution in [0.15, 0.2) is 23.4 Å². The molecule has 4 N–H and O–H groups in total. The van der Waals surface area contributed by atoms with E-state index in [0.717, 1.165) is 6.42 Å². The van der Waals surface area contributed by atoms with Crippen molar-refractivity contribution in [2.75, 3.05) is 24.6 Å². The Morgan fingerprint density at radius 2 is 2.35 bits per heavy atom. The smallest absolute Gasteiger partial charge is 0.293 e. The fraction of sp³-hybridized carbons (Fsp3) is 0.417. The molecule has 1 aromatic carbocycles. The minimum absolute atomic E-state index is 0.0759. The van der Waals surface area contributed by atoms with Crippen LogP contribution >= 0.6 is 0 Å². The fourth-order valence-corrected chi connectivity index (χ4v) is 2.35. The molecule has 0 radical (unpaired) electrons. The third kappa shape index (κ3) is 2.64.